The van der Waals surface area contributed by atoms with E-state index in [0.29, 0.717) is 12.5 Å². The van der Waals surface area contributed by atoms with Gasteiger partial charge in [-0.3, -0.25) is 0 Å². The SMILES string of the molecule is COCC(C)(CO)C1(O)CCC(C)CC1. The summed E-state index contributed by atoms with van der Waals surface area (Å²) in [7, 11) is 1.61. The first-order valence-electron chi connectivity index (χ1n) is 5.79. The van der Waals surface area contributed by atoms with Crippen molar-refractivity contribution in [1.29, 1.82) is 0 Å². The van der Waals surface area contributed by atoms with Crippen molar-refractivity contribution >= 4 is 0 Å². The third-order valence-electron chi connectivity index (χ3n) is 4.04. The molecule has 90 valence electrons. The molecular formula is C12H24O3. The Morgan fingerprint density at radius 1 is 1.40 bits per heavy atom. The number of hydrogen-bond donors (Lipinski definition) is 2. The van der Waals surface area contributed by atoms with E-state index >= 15 is 0 Å². The van der Waals surface area contributed by atoms with E-state index in [1.54, 1.807) is 7.11 Å². The first-order chi connectivity index (χ1) is 6.97. The quantitative estimate of drug-likeness (QED) is 0.750. The van der Waals surface area contributed by atoms with Crippen LogP contribution >= 0.6 is 0 Å². The van der Waals surface area contributed by atoms with Gasteiger partial charge in [-0.15, -0.1) is 0 Å². The van der Waals surface area contributed by atoms with Gasteiger partial charge in [-0.2, -0.15) is 0 Å². The van der Waals surface area contributed by atoms with E-state index in [1.165, 1.54) is 0 Å². The standard InChI is InChI=1S/C12H24O3/c1-10-4-6-12(14,7-5-10)11(2,8-13)9-15-3/h10,13-14H,4-9H2,1-3H3. The lowest BCUT2D eigenvalue weighted by Gasteiger charge is -2.47. The normalized spacial score (nSPS) is 36.2. The van der Waals surface area contributed by atoms with Crippen molar-refractivity contribution in [2.45, 2.75) is 45.1 Å². The van der Waals surface area contributed by atoms with Gasteiger partial charge in [-0.05, 0) is 31.6 Å². The Kier molecular flexibility index (Phi) is 4.15. The van der Waals surface area contributed by atoms with Crippen LogP contribution in [0.1, 0.15) is 39.5 Å². The number of aliphatic hydroxyl groups is 2. The molecule has 3 nitrogen and oxygen atoms in total. The van der Waals surface area contributed by atoms with Crippen molar-refractivity contribution in [3.05, 3.63) is 0 Å². The smallest absolute Gasteiger partial charge is 0.0745 e. The largest absolute Gasteiger partial charge is 0.396 e. The molecule has 0 aromatic carbocycles. The molecule has 0 amide bonds. The fourth-order valence-corrected chi connectivity index (χ4v) is 2.49. The highest BCUT2D eigenvalue weighted by Gasteiger charge is 2.47. The predicted molar refractivity (Wildman–Crippen MR) is 59.7 cm³/mol. The number of ether oxygens (including phenoxy) is 1. The van der Waals surface area contributed by atoms with Gasteiger partial charge in [0.2, 0.25) is 0 Å². The van der Waals surface area contributed by atoms with Crippen LogP contribution in [0.5, 0.6) is 0 Å². The van der Waals surface area contributed by atoms with Crippen LogP contribution in [-0.4, -0.2) is 36.1 Å². The molecular weight excluding hydrogens is 192 g/mol. The molecule has 0 spiro atoms. The van der Waals surface area contributed by atoms with Crippen molar-refractivity contribution in [3.63, 3.8) is 0 Å². The minimum atomic E-state index is -0.760. The molecule has 2 N–H and O–H groups in total. The van der Waals surface area contributed by atoms with Crippen LogP contribution in [0.25, 0.3) is 0 Å². The van der Waals surface area contributed by atoms with Gasteiger partial charge in [-0.1, -0.05) is 13.8 Å². The van der Waals surface area contributed by atoms with E-state index in [-0.39, 0.29) is 6.61 Å². The fraction of sp³-hybridized carbons (Fsp3) is 1.00. The zero-order chi connectivity index (χ0) is 11.5. The van der Waals surface area contributed by atoms with E-state index in [9.17, 15) is 10.2 Å². The Labute approximate surface area is 92.4 Å². The van der Waals surface area contributed by atoms with Crippen LogP contribution in [-0.2, 0) is 4.74 Å². The second-order valence-electron chi connectivity index (χ2n) is 5.37. The maximum absolute atomic E-state index is 10.6. The van der Waals surface area contributed by atoms with Gasteiger partial charge < -0.3 is 14.9 Å². The van der Waals surface area contributed by atoms with Gasteiger partial charge in [0.25, 0.3) is 0 Å². The van der Waals surface area contributed by atoms with Gasteiger partial charge in [0.05, 0.1) is 18.8 Å². The van der Waals surface area contributed by atoms with Crippen molar-refractivity contribution in [3.8, 4) is 0 Å². The van der Waals surface area contributed by atoms with Crippen LogP contribution in [0.4, 0.5) is 0 Å². The van der Waals surface area contributed by atoms with Gasteiger partial charge in [0.1, 0.15) is 0 Å². The average molecular weight is 216 g/mol. The zero-order valence-corrected chi connectivity index (χ0v) is 10.1. The Morgan fingerprint density at radius 3 is 2.33 bits per heavy atom. The molecule has 1 unspecified atom stereocenters. The minimum Gasteiger partial charge on any atom is -0.396 e. The molecule has 0 aromatic rings. The lowest BCUT2D eigenvalue weighted by Crippen LogP contribution is -2.53. The maximum atomic E-state index is 10.6. The van der Waals surface area contributed by atoms with Gasteiger partial charge in [0, 0.05) is 12.5 Å². The second kappa shape index (κ2) is 4.81. The van der Waals surface area contributed by atoms with E-state index in [1.807, 2.05) is 6.92 Å². The first-order valence-corrected chi connectivity index (χ1v) is 5.79. The summed E-state index contributed by atoms with van der Waals surface area (Å²) in [6.45, 7) is 4.51. The van der Waals surface area contributed by atoms with Gasteiger partial charge >= 0.3 is 0 Å². The molecule has 0 saturated heterocycles. The molecule has 1 aliphatic carbocycles. The third-order valence-corrected chi connectivity index (χ3v) is 4.04. The summed E-state index contributed by atoms with van der Waals surface area (Å²) in [5.41, 5.74) is -1.29. The molecule has 1 aliphatic rings. The van der Waals surface area contributed by atoms with Gasteiger partial charge in [-0.25, -0.2) is 0 Å². The molecule has 1 fully saturated rings. The summed E-state index contributed by atoms with van der Waals surface area (Å²) >= 11 is 0. The van der Waals surface area contributed by atoms with Crippen LogP contribution in [0.15, 0.2) is 0 Å². The number of rotatable bonds is 4. The van der Waals surface area contributed by atoms with E-state index in [0.717, 1.165) is 25.7 Å². The molecule has 15 heavy (non-hydrogen) atoms. The van der Waals surface area contributed by atoms with Crippen LogP contribution < -0.4 is 0 Å². The Morgan fingerprint density at radius 2 is 1.93 bits per heavy atom. The Hall–Kier alpha value is -0.120. The van der Waals surface area contributed by atoms with E-state index in [2.05, 4.69) is 6.92 Å². The summed E-state index contributed by atoms with van der Waals surface area (Å²) in [4.78, 5) is 0. The van der Waals surface area contributed by atoms with Crippen molar-refractivity contribution < 1.29 is 14.9 Å². The highest BCUT2D eigenvalue weighted by atomic mass is 16.5. The summed E-state index contributed by atoms with van der Waals surface area (Å²) < 4.78 is 5.12. The maximum Gasteiger partial charge on any atom is 0.0745 e. The Bertz CT molecular complexity index is 197. The van der Waals surface area contributed by atoms with Gasteiger partial charge in [0.15, 0.2) is 0 Å². The van der Waals surface area contributed by atoms with Crippen LogP contribution in [0, 0.1) is 11.3 Å². The molecule has 0 aliphatic heterocycles. The van der Waals surface area contributed by atoms with Crippen molar-refractivity contribution in [1.82, 2.24) is 0 Å². The van der Waals surface area contributed by atoms with Crippen LogP contribution in [0.3, 0.4) is 0 Å². The molecule has 0 aromatic heterocycles. The Balaban J connectivity index is 2.73. The average Bonchev–Trinajstić information content (AvgIpc) is 2.23. The number of hydrogen-bond acceptors (Lipinski definition) is 3. The van der Waals surface area contributed by atoms with Crippen molar-refractivity contribution in [2.24, 2.45) is 11.3 Å². The van der Waals surface area contributed by atoms with E-state index < -0.39 is 11.0 Å². The molecule has 1 atom stereocenters. The van der Waals surface area contributed by atoms with Crippen molar-refractivity contribution in [2.75, 3.05) is 20.3 Å². The third kappa shape index (κ3) is 2.52. The molecule has 0 bridgehead atoms. The van der Waals surface area contributed by atoms with Crippen LogP contribution in [0.2, 0.25) is 0 Å². The first kappa shape index (κ1) is 12.9. The molecule has 3 heteroatoms. The van der Waals surface area contributed by atoms with E-state index in [4.69, 9.17) is 4.74 Å². The highest BCUT2D eigenvalue weighted by molar-refractivity contribution is 4.98. The lowest BCUT2D eigenvalue weighted by atomic mass is 9.65. The summed E-state index contributed by atoms with van der Waals surface area (Å²) in [6.07, 6.45) is 3.62. The second-order valence-corrected chi connectivity index (χ2v) is 5.37. The fourth-order valence-electron chi connectivity index (χ4n) is 2.49. The molecule has 1 saturated carbocycles. The molecule has 1 rings (SSSR count). The summed E-state index contributed by atoms with van der Waals surface area (Å²) in [5, 5.41) is 20.1. The lowest BCUT2D eigenvalue weighted by molar-refractivity contribution is -0.150. The number of aliphatic hydroxyl groups excluding tert-OH is 1. The highest BCUT2D eigenvalue weighted by Crippen LogP contribution is 2.43. The molecule has 0 radical (unpaired) electrons. The minimum absolute atomic E-state index is 0.0221. The molecule has 0 heterocycles. The monoisotopic (exact) mass is 216 g/mol. The summed E-state index contributed by atoms with van der Waals surface area (Å²) in [5.74, 6) is 0.691. The summed E-state index contributed by atoms with van der Waals surface area (Å²) in [6, 6.07) is 0. The topological polar surface area (TPSA) is 49.7 Å². The zero-order valence-electron chi connectivity index (χ0n) is 10.1. The predicted octanol–water partition coefficient (Wildman–Crippen LogP) is 1.57. The number of methoxy groups -OCH3 is 1.